The average Bonchev–Trinajstić information content (AvgIpc) is 2.81. The van der Waals surface area contributed by atoms with E-state index in [0.717, 1.165) is 12.8 Å². The minimum Gasteiger partial charge on any atom is -0.349 e. The van der Waals surface area contributed by atoms with Gasteiger partial charge in [-0.25, -0.2) is 0 Å². The first-order valence-electron chi connectivity index (χ1n) is 11.2. The highest BCUT2D eigenvalue weighted by Crippen LogP contribution is 2.42. The van der Waals surface area contributed by atoms with Crippen molar-refractivity contribution in [2.24, 2.45) is 0 Å². The van der Waals surface area contributed by atoms with Gasteiger partial charge in [-0.15, -0.1) is 0 Å². The molecule has 0 atom stereocenters. The van der Waals surface area contributed by atoms with Gasteiger partial charge in [0.25, 0.3) is 6.71 Å². The van der Waals surface area contributed by atoms with E-state index < -0.39 is 0 Å². The molecule has 2 nitrogen and oxygen atoms in total. The number of hydrogen-bond acceptors (Lipinski definition) is 2. The van der Waals surface area contributed by atoms with Crippen molar-refractivity contribution >= 4 is 50.6 Å². The van der Waals surface area contributed by atoms with Gasteiger partial charge in [0.2, 0.25) is 0 Å². The van der Waals surface area contributed by atoms with Gasteiger partial charge in [-0.05, 0) is 62.9 Å². The van der Waals surface area contributed by atoms with Crippen LogP contribution < -0.4 is 20.7 Å². The predicted molar refractivity (Wildman–Crippen MR) is 134 cm³/mol. The molecule has 2 aliphatic heterocycles. The van der Waals surface area contributed by atoms with Crippen molar-refractivity contribution in [2.75, 3.05) is 23.9 Å². The van der Waals surface area contributed by atoms with Crippen LogP contribution in [-0.2, 0) is 0 Å². The standard InChI is InChI=1S/C28H23BN2/c1-30-24-12-7-13-25-28(24)29(22-14-18-8-3-5-10-20(18)16-26(22)30)23-15-19-9-4-6-11-21(19)17-27(23)31(25)2/h3-6,8-12,14-17H,7,13H2,1-2H3. The molecular formula is C28H23BN2. The lowest BCUT2D eigenvalue weighted by Gasteiger charge is -2.45. The van der Waals surface area contributed by atoms with Gasteiger partial charge in [-0.1, -0.05) is 66.7 Å². The molecule has 4 aromatic carbocycles. The molecule has 7 rings (SSSR count). The minimum atomic E-state index is 0.285. The van der Waals surface area contributed by atoms with Crippen LogP contribution in [-0.4, -0.2) is 20.8 Å². The summed E-state index contributed by atoms with van der Waals surface area (Å²) in [5.41, 5.74) is 9.92. The smallest absolute Gasteiger partial charge is 0.251 e. The molecule has 0 N–H and O–H groups in total. The van der Waals surface area contributed by atoms with E-state index in [2.05, 4.69) is 103 Å². The fraction of sp³-hybridized carbons (Fsp3) is 0.143. The van der Waals surface area contributed by atoms with E-state index in [9.17, 15) is 0 Å². The van der Waals surface area contributed by atoms with Crippen LogP contribution in [0.2, 0.25) is 0 Å². The van der Waals surface area contributed by atoms with Crippen molar-refractivity contribution in [3.8, 4) is 0 Å². The Bertz CT molecular complexity index is 1480. The molecule has 0 fully saturated rings. The Morgan fingerprint density at radius 2 is 1.19 bits per heavy atom. The largest absolute Gasteiger partial charge is 0.349 e. The lowest BCUT2D eigenvalue weighted by molar-refractivity contribution is 0.859. The van der Waals surface area contributed by atoms with E-state index in [-0.39, 0.29) is 6.71 Å². The Kier molecular flexibility index (Phi) is 3.36. The Hall–Kier alpha value is -3.46. The third-order valence-electron chi connectivity index (χ3n) is 7.50. The maximum absolute atomic E-state index is 2.46. The summed E-state index contributed by atoms with van der Waals surface area (Å²) in [6.45, 7) is 0.285. The number of likely N-dealkylation sites (N-methyl/N-ethyl adjacent to an activating group) is 1. The molecule has 0 radical (unpaired) electrons. The van der Waals surface area contributed by atoms with E-state index in [1.807, 2.05) is 0 Å². The van der Waals surface area contributed by atoms with Crippen LogP contribution in [0.4, 0.5) is 11.4 Å². The van der Waals surface area contributed by atoms with Crippen LogP contribution in [0.1, 0.15) is 12.8 Å². The van der Waals surface area contributed by atoms with Gasteiger partial charge in [0.05, 0.1) is 0 Å². The normalized spacial score (nSPS) is 17.0. The van der Waals surface area contributed by atoms with Gasteiger partial charge in [0, 0.05) is 36.9 Å². The van der Waals surface area contributed by atoms with Gasteiger partial charge in [0.15, 0.2) is 0 Å². The molecule has 4 aromatic rings. The second-order valence-electron chi connectivity index (χ2n) is 9.06. The second-order valence-corrected chi connectivity index (χ2v) is 9.06. The number of hydrogen-bond donors (Lipinski definition) is 0. The van der Waals surface area contributed by atoms with E-state index in [0.29, 0.717) is 0 Å². The Morgan fingerprint density at radius 1 is 0.677 bits per heavy atom. The van der Waals surface area contributed by atoms with E-state index in [1.165, 1.54) is 60.7 Å². The van der Waals surface area contributed by atoms with Gasteiger partial charge >= 0.3 is 0 Å². The highest BCUT2D eigenvalue weighted by atomic mass is 15.2. The van der Waals surface area contributed by atoms with Gasteiger partial charge in [-0.3, -0.25) is 0 Å². The molecular weight excluding hydrogens is 375 g/mol. The Labute approximate surface area is 183 Å². The quantitative estimate of drug-likeness (QED) is 0.386. The van der Waals surface area contributed by atoms with Crippen molar-refractivity contribution in [3.63, 3.8) is 0 Å². The van der Waals surface area contributed by atoms with Gasteiger partial charge < -0.3 is 9.80 Å². The van der Waals surface area contributed by atoms with Crippen molar-refractivity contribution in [3.05, 3.63) is 95.7 Å². The third kappa shape index (κ3) is 2.24. The summed E-state index contributed by atoms with van der Waals surface area (Å²) >= 11 is 0. The first-order chi connectivity index (χ1) is 15.2. The fourth-order valence-corrected chi connectivity index (χ4v) is 6.01. The number of nitrogens with zero attached hydrogens (tertiary/aromatic N) is 2. The summed E-state index contributed by atoms with van der Waals surface area (Å²) in [6.07, 6.45) is 4.65. The molecule has 3 aliphatic rings. The number of rotatable bonds is 0. The summed E-state index contributed by atoms with van der Waals surface area (Å²) in [6, 6.07) is 27.2. The molecule has 148 valence electrons. The molecule has 0 bridgehead atoms. The molecule has 3 heteroatoms. The predicted octanol–water partition coefficient (Wildman–Crippen LogP) is 4.97. The molecule has 31 heavy (non-hydrogen) atoms. The van der Waals surface area contributed by atoms with Crippen molar-refractivity contribution in [1.29, 1.82) is 0 Å². The number of anilines is 2. The minimum absolute atomic E-state index is 0.285. The SMILES string of the molecule is CN1C2=CCCC3=C2B(c2cc4ccccc4cc21)c1cc2ccccc2cc1N3C. The van der Waals surface area contributed by atoms with Crippen molar-refractivity contribution in [2.45, 2.75) is 12.8 Å². The first-order valence-corrected chi connectivity index (χ1v) is 11.2. The highest BCUT2D eigenvalue weighted by Gasteiger charge is 2.43. The number of fused-ring (bicyclic) bond motifs is 6. The van der Waals surface area contributed by atoms with Crippen molar-refractivity contribution < 1.29 is 0 Å². The lowest BCUT2D eigenvalue weighted by Crippen LogP contribution is -2.57. The second kappa shape index (κ2) is 6.04. The Balaban J connectivity index is 1.61. The molecule has 0 unspecified atom stereocenters. The van der Waals surface area contributed by atoms with Crippen molar-refractivity contribution in [1.82, 2.24) is 0 Å². The van der Waals surface area contributed by atoms with E-state index >= 15 is 0 Å². The van der Waals surface area contributed by atoms with Crippen LogP contribution in [0, 0.1) is 0 Å². The lowest BCUT2D eigenvalue weighted by atomic mass is 9.32. The number of allylic oxidation sites excluding steroid dienone is 3. The topological polar surface area (TPSA) is 6.48 Å². The van der Waals surface area contributed by atoms with Crippen LogP contribution in [0.25, 0.3) is 21.5 Å². The average molecular weight is 398 g/mol. The summed E-state index contributed by atoms with van der Waals surface area (Å²) in [7, 11) is 4.49. The van der Waals surface area contributed by atoms with E-state index in [4.69, 9.17) is 0 Å². The summed E-state index contributed by atoms with van der Waals surface area (Å²) < 4.78 is 0. The molecule has 2 heterocycles. The maximum atomic E-state index is 2.46. The van der Waals surface area contributed by atoms with Crippen LogP contribution in [0.3, 0.4) is 0 Å². The molecule has 1 aliphatic carbocycles. The molecule has 0 saturated carbocycles. The fourth-order valence-electron chi connectivity index (χ4n) is 6.01. The summed E-state index contributed by atoms with van der Waals surface area (Å²) in [5.74, 6) is 0. The molecule has 0 spiro atoms. The van der Waals surface area contributed by atoms with Crippen LogP contribution in [0.5, 0.6) is 0 Å². The third-order valence-corrected chi connectivity index (χ3v) is 7.50. The monoisotopic (exact) mass is 398 g/mol. The van der Waals surface area contributed by atoms with Crippen LogP contribution >= 0.6 is 0 Å². The molecule has 0 aromatic heterocycles. The maximum Gasteiger partial charge on any atom is 0.251 e. The van der Waals surface area contributed by atoms with Gasteiger partial charge in [-0.2, -0.15) is 0 Å². The zero-order valence-electron chi connectivity index (χ0n) is 17.9. The summed E-state index contributed by atoms with van der Waals surface area (Å²) in [5, 5.41) is 5.27. The molecule has 0 saturated heterocycles. The van der Waals surface area contributed by atoms with E-state index in [1.54, 1.807) is 0 Å². The summed E-state index contributed by atoms with van der Waals surface area (Å²) in [4.78, 5) is 4.88. The highest BCUT2D eigenvalue weighted by molar-refractivity contribution is 6.95. The Morgan fingerprint density at radius 3 is 1.77 bits per heavy atom. The zero-order valence-corrected chi connectivity index (χ0v) is 17.9. The zero-order chi connectivity index (χ0) is 20.7. The number of benzene rings is 4. The van der Waals surface area contributed by atoms with Gasteiger partial charge in [0.1, 0.15) is 0 Å². The first kappa shape index (κ1) is 17.2. The van der Waals surface area contributed by atoms with Crippen LogP contribution in [0.15, 0.2) is 95.7 Å². The molecule has 0 amide bonds.